The highest BCUT2D eigenvalue weighted by Gasteiger charge is 2.63. The molecule has 32 heavy (non-hydrogen) atoms. The summed E-state index contributed by atoms with van der Waals surface area (Å²) in [6.07, 6.45) is 13.6. The van der Waals surface area contributed by atoms with Gasteiger partial charge in [0.25, 0.3) is 0 Å². The van der Waals surface area contributed by atoms with Gasteiger partial charge in [0.05, 0.1) is 5.41 Å². The molecular formula is C29H49NO2. The minimum Gasteiger partial charge on any atom is -0.481 e. The van der Waals surface area contributed by atoms with Crippen molar-refractivity contribution in [3.05, 3.63) is 11.6 Å². The number of fused-ring (bicyclic) bond motifs is 5. The van der Waals surface area contributed by atoms with E-state index in [2.05, 4.69) is 47.6 Å². The molecular weight excluding hydrogens is 394 g/mol. The van der Waals surface area contributed by atoms with Crippen molar-refractivity contribution in [2.45, 2.75) is 106 Å². The fourth-order valence-electron chi connectivity index (χ4n) is 9.62. The Bertz CT molecular complexity index is 769. The topological polar surface area (TPSA) is 63.3 Å². The van der Waals surface area contributed by atoms with E-state index in [1.807, 2.05) is 0 Å². The van der Waals surface area contributed by atoms with Crippen LogP contribution in [0.5, 0.6) is 0 Å². The molecule has 3 saturated carbocycles. The normalized spacial score (nSPS) is 45.4. The van der Waals surface area contributed by atoms with Gasteiger partial charge in [0, 0.05) is 0 Å². The monoisotopic (exact) mass is 443 g/mol. The highest BCUT2D eigenvalue weighted by molar-refractivity contribution is 5.76. The van der Waals surface area contributed by atoms with Crippen molar-refractivity contribution in [1.29, 1.82) is 0 Å². The van der Waals surface area contributed by atoms with Crippen LogP contribution in [0, 0.1) is 51.2 Å². The summed E-state index contributed by atoms with van der Waals surface area (Å²) in [6, 6.07) is 0. The molecule has 0 spiro atoms. The van der Waals surface area contributed by atoms with Crippen molar-refractivity contribution in [3.8, 4) is 0 Å². The number of aliphatic carboxylic acids is 1. The van der Waals surface area contributed by atoms with Gasteiger partial charge in [0.15, 0.2) is 0 Å². The quantitative estimate of drug-likeness (QED) is 0.447. The zero-order chi connectivity index (χ0) is 23.5. The molecule has 182 valence electrons. The molecule has 3 fully saturated rings. The smallest absolute Gasteiger partial charge is 0.310 e. The van der Waals surface area contributed by atoms with E-state index in [4.69, 9.17) is 5.73 Å². The van der Waals surface area contributed by atoms with Crippen LogP contribution in [-0.2, 0) is 4.79 Å². The van der Waals surface area contributed by atoms with Gasteiger partial charge in [-0.3, -0.25) is 4.79 Å². The summed E-state index contributed by atoms with van der Waals surface area (Å²) in [7, 11) is 0. The minimum atomic E-state index is -0.527. The van der Waals surface area contributed by atoms with Crippen molar-refractivity contribution >= 4 is 5.97 Å². The molecule has 3 N–H and O–H groups in total. The Kier molecular flexibility index (Phi) is 6.18. The van der Waals surface area contributed by atoms with Crippen LogP contribution in [0.3, 0.4) is 0 Å². The Morgan fingerprint density at radius 1 is 1.09 bits per heavy atom. The van der Waals surface area contributed by atoms with Crippen molar-refractivity contribution in [2.75, 3.05) is 6.54 Å². The van der Waals surface area contributed by atoms with Gasteiger partial charge >= 0.3 is 5.97 Å². The molecule has 0 bridgehead atoms. The Balaban J connectivity index is 1.75. The third-order valence-corrected chi connectivity index (χ3v) is 11.3. The first-order chi connectivity index (χ1) is 14.9. The summed E-state index contributed by atoms with van der Waals surface area (Å²) in [5.41, 5.74) is 7.91. The molecule has 0 amide bonds. The maximum Gasteiger partial charge on any atom is 0.310 e. The van der Waals surface area contributed by atoms with Crippen molar-refractivity contribution < 1.29 is 9.90 Å². The number of carboxylic acids is 1. The number of carboxylic acid groups (broad SMARTS) is 1. The van der Waals surface area contributed by atoms with Gasteiger partial charge in [-0.15, -0.1) is 0 Å². The van der Waals surface area contributed by atoms with Crippen molar-refractivity contribution in [1.82, 2.24) is 0 Å². The second kappa shape index (κ2) is 8.14. The molecule has 4 aliphatic carbocycles. The summed E-state index contributed by atoms with van der Waals surface area (Å²) in [4.78, 5) is 12.7. The summed E-state index contributed by atoms with van der Waals surface area (Å²) in [6.45, 7) is 15.5. The fourth-order valence-corrected chi connectivity index (χ4v) is 9.62. The Hall–Kier alpha value is -0.830. The first-order valence-electron chi connectivity index (χ1n) is 13.5. The van der Waals surface area contributed by atoms with Crippen LogP contribution >= 0.6 is 0 Å². The van der Waals surface area contributed by atoms with Crippen LogP contribution in [0.4, 0.5) is 0 Å². The lowest BCUT2D eigenvalue weighted by Crippen LogP contribution is -2.58. The van der Waals surface area contributed by atoms with Crippen molar-refractivity contribution in [2.24, 2.45) is 57.0 Å². The Labute approximate surface area is 197 Å². The third kappa shape index (κ3) is 3.51. The zero-order valence-corrected chi connectivity index (χ0v) is 21.7. The van der Waals surface area contributed by atoms with E-state index in [1.165, 1.54) is 19.3 Å². The second-order valence-corrected chi connectivity index (χ2v) is 13.8. The average Bonchev–Trinajstić information content (AvgIpc) is 2.71. The van der Waals surface area contributed by atoms with Crippen LogP contribution in [0.2, 0.25) is 0 Å². The van der Waals surface area contributed by atoms with Crippen molar-refractivity contribution in [3.63, 3.8) is 0 Å². The highest BCUT2D eigenvalue weighted by atomic mass is 16.4. The molecule has 1 unspecified atom stereocenters. The minimum absolute atomic E-state index is 0.235. The lowest BCUT2D eigenvalue weighted by molar-refractivity contribution is -0.164. The number of nitrogens with two attached hydrogens (primary N) is 1. The second-order valence-electron chi connectivity index (χ2n) is 13.8. The SMILES string of the molecule is CC(C)[C@@H]1CC[C@]2(C)[C@H](CC=C3C4CC(C)(C)CC[C@]4(C(=O)O)CC[C@H]32)[C@@]1(C)CCCN. The molecule has 3 heteroatoms. The predicted octanol–water partition coefficient (Wildman–Crippen LogP) is 7.06. The third-order valence-electron chi connectivity index (χ3n) is 11.3. The van der Waals surface area contributed by atoms with Gasteiger partial charge in [0.2, 0.25) is 0 Å². The van der Waals surface area contributed by atoms with Crippen LogP contribution in [0.1, 0.15) is 106 Å². The van der Waals surface area contributed by atoms with E-state index < -0.39 is 11.4 Å². The molecule has 4 aliphatic rings. The van der Waals surface area contributed by atoms with Crippen LogP contribution in [0.15, 0.2) is 11.6 Å². The first-order valence-corrected chi connectivity index (χ1v) is 13.5. The summed E-state index contributed by atoms with van der Waals surface area (Å²) in [5.74, 6) is 2.43. The van der Waals surface area contributed by atoms with Crippen LogP contribution in [0.25, 0.3) is 0 Å². The Morgan fingerprint density at radius 3 is 2.44 bits per heavy atom. The molecule has 0 aliphatic heterocycles. The molecule has 0 aromatic heterocycles. The average molecular weight is 444 g/mol. The number of allylic oxidation sites excluding steroid dienone is 2. The maximum absolute atomic E-state index is 12.7. The molecule has 0 aromatic carbocycles. The van der Waals surface area contributed by atoms with Gasteiger partial charge < -0.3 is 10.8 Å². The summed E-state index contributed by atoms with van der Waals surface area (Å²) in [5, 5.41) is 10.4. The van der Waals surface area contributed by atoms with E-state index in [0.29, 0.717) is 28.6 Å². The van der Waals surface area contributed by atoms with E-state index in [1.54, 1.807) is 5.57 Å². The maximum atomic E-state index is 12.7. The van der Waals surface area contributed by atoms with E-state index in [0.717, 1.165) is 57.4 Å². The summed E-state index contributed by atoms with van der Waals surface area (Å²) >= 11 is 0. The van der Waals surface area contributed by atoms with E-state index in [9.17, 15) is 9.90 Å². The van der Waals surface area contributed by atoms with Crippen LogP contribution < -0.4 is 5.73 Å². The van der Waals surface area contributed by atoms with E-state index in [-0.39, 0.29) is 11.3 Å². The molecule has 0 radical (unpaired) electrons. The lowest BCUT2D eigenvalue weighted by atomic mass is 9.39. The summed E-state index contributed by atoms with van der Waals surface area (Å²) < 4.78 is 0. The van der Waals surface area contributed by atoms with Gasteiger partial charge in [-0.2, -0.15) is 0 Å². The van der Waals surface area contributed by atoms with Gasteiger partial charge in [-0.05, 0) is 117 Å². The molecule has 3 nitrogen and oxygen atoms in total. The first kappa shape index (κ1) is 24.3. The molecule has 0 heterocycles. The molecule has 0 saturated heterocycles. The van der Waals surface area contributed by atoms with Gasteiger partial charge in [0.1, 0.15) is 0 Å². The number of carbonyl (C=O) groups is 1. The predicted molar refractivity (Wildman–Crippen MR) is 132 cm³/mol. The van der Waals surface area contributed by atoms with Gasteiger partial charge in [-0.25, -0.2) is 0 Å². The molecule has 7 atom stereocenters. The van der Waals surface area contributed by atoms with Crippen LogP contribution in [-0.4, -0.2) is 17.6 Å². The highest BCUT2D eigenvalue weighted by Crippen LogP contribution is 2.69. The number of rotatable bonds is 5. The fraction of sp³-hybridized carbons (Fsp3) is 0.897. The lowest BCUT2D eigenvalue weighted by Gasteiger charge is -2.65. The molecule has 4 rings (SSSR count). The number of hydrogen-bond donors (Lipinski definition) is 2. The largest absolute Gasteiger partial charge is 0.481 e. The standard InChI is InChI=1S/C29H49NO2/c1-19(2)21-10-13-28(6)22-11-14-29(25(31)32)16-15-26(3,4)18-23(29)20(22)8-9-24(28)27(21,5)12-7-17-30/h8,19,21-24H,7,9-18,30H2,1-6H3,(H,31,32)/t21-,22+,23?,24+,27-,28-,29+/m0/s1. The Morgan fingerprint density at radius 2 is 1.81 bits per heavy atom. The van der Waals surface area contributed by atoms with E-state index >= 15 is 0 Å². The molecule has 0 aromatic rings. The number of hydrogen-bond acceptors (Lipinski definition) is 2. The zero-order valence-electron chi connectivity index (χ0n) is 21.7. The van der Waals surface area contributed by atoms with Gasteiger partial charge in [-0.1, -0.05) is 53.2 Å².